The largest absolute Gasteiger partial charge is 0.480 e. The zero-order valence-corrected chi connectivity index (χ0v) is 21.6. The van der Waals surface area contributed by atoms with Crippen molar-refractivity contribution in [1.82, 2.24) is 14.8 Å². The summed E-state index contributed by atoms with van der Waals surface area (Å²) >= 11 is 0. The van der Waals surface area contributed by atoms with Crippen LogP contribution in [0.5, 0.6) is 5.88 Å². The molecule has 1 aromatic rings. The molecule has 0 bridgehead atoms. The molecule has 2 saturated heterocycles. The van der Waals surface area contributed by atoms with E-state index in [-0.39, 0.29) is 23.4 Å². The van der Waals surface area contributed by atoms with E-state index in [4.69, 9.17) is 14.2 Å². The molecular formula is C25H39N3O6. The molecule has 0 aromatic carbocycles. The number of likely N-dealkylation sites (tertiary alicyclic amines) is 2. The van der Waals surface area contributed by atoms with Gasteiger partial charge in [0, 0.05) is 25.8 Å². The van der Waals surface area contributed by atoms with Crippen LogP contribution in [0.3, 0.4) is 0 Å². The zero-order valence-electron chi connectivity index (χ0n) is 21.6. The van der Waals surface area contributed by atoms with Gasteiger partial charge >= 0.3 is 12.2 Å². The maximum atomic E-state index is 12.7. The van der Waals surface area contributed by atoms with Gasteiger partial charge in [-0.1, -0.05) is 0 Å². The average molecular weight is 478 g/mol. The van der Waals surface area contributed by atoms with E-state index in [2.05, 4.69) is 4.98 Å². The van der Waals surface area contributed by atoms with Crippen LogP contribution in [0, 0.1) is 0 Å². The molecule has 1 unspecified atom stereocenters. The summed E-state index contributed by atoms with van der Waals surface area (Å²) in [6.07, 6.45) is 4.56. The Hall–Kier alpha value is -2.84. The number of ether oxygens (including phenoxy) is 3. The highest BCUT2D eigenvalue weighted by Gasteiger charge is 2.38. The lowest BCUT2D eigenvalue weighted by Crippen LogP contribution is -2.43. The minimum absolute atomic E-state index is 0.159. The molecule has 0 N–H and O–H groups in total. The van der Waals surface area contributed by atoms with Crippen molar-refractivity contribution in [3.8, 4) is 5.88 Å². The van der Waals surface area contributed by atoms with Crippen molar-refractivity contribution in [2.75, 3.05) is 26.7 Å². The number of hydrogen-bond donors (Lipinski definition) is 0. The molecule has 2 fully saturated rings. The molecule has 34 heavy (non-hydrogen) atoms. The van der Waals surface area contributed by atoms with Crippen LogP contribution in [0.1, 0.15) is 77.6 Å². The lowest BCUT2D eigenvalue weighted by atomic mass is 10.0. The Labute approximate surface area is 202 Å². The van der Waals surface area contributed by atoms with Crippen molar-refractivity contribution < 1.29 is 28.6 Å². The van der Waals surface area contributed by atoms with Crippen LogP contribution in [-0.4, -0.2) is 76.7 Å². The number of methoxy groups -OCH3 is 1. The molecule has 2 amide bonds. The molecule has 2 aliphatic heterocycles. The predicted octanol–water partition coefficient (Wildman–Crippen LogP) is 4.69. The summed E-state index contributed by atoms with van der Waals surface area (Å²) in [5, 5.41) is 0. The predicted molar refractivity (Wildman–Crippen MR) is 128 cm³/mol. The van der Waals surface area contributed by atoms with E-state index in [9.17, 15) is 14.4 Å². The van der Waals surface area contributed by atoms with Crippen LogP contribution in [0.15, 0.2) is 18.3 Å². The second-order valence-corrected chi connectivity index (χ2v) is 10.4. The van der Waals surface area contributed by atoms with E-state index in [1.807, 2.05) is 41.5 Å². The molecule has 3 heterocycles. The average Bonchev–Trinajstić information content (AvgIpc) is 3.43. The van der Waals surface area contributed by atoms with Crippen molar-refractivity contribution in [3.05, 3.63) is 23.9 Å². The van der Waals surface area contributed by atoms with Gasteiger partial charge in [0.05, 0.1) is 18.7 Å². The zero-order chi connectivity index (χ0) is 25.5. The van der Waals surface area contributed by atoms with Gasteiger partial charge in [-0.2, -0.15) is 0 Å². The third kappa shape index (κ3) is 8.18. The highest BCUT2D eigenvalue weighted by molar-refractivity contribution is 6.03. The number of carbonyl (C=O) groups is 3. The van der Waals surface area contributed by atoms with Gasteiger partial charge in [0.15, 0.2) is 5.78 Å². The molecule has 3 rings (SSSR count). The van der Waals surface area contributed by atoms with Gasteiger partial charge in [-0.25, -0.2) is 14.6 Å². The summed E-state index contributed by atoms with van der Waals surface area (Å²) in [6.45, 7) is 13.3. The van der Waals surface area contributed by atoms with E-state index in [0.29, 0.717) is 18.5 Å². The fraction of sp³-hybridized carbons (Fsp3) is 0.680. The van der Waals surface area contributed by atoms with Crippen LogP contribution in [0.4, 0.5) is 9.59 Å². The van der Waals surface area contributed by atoms with Crippen molar-refractivity contribution in [2.24, 2.45) is 0 Å². The Morgan fingerprint density at radius 3 is 2.06 bits per heavy atom. The Morgan fingerprint density at radius 1 is 0.912 bits per heavy atom. The maximum Gasteiger partial charge on any atom is 0.410 e. The monoisotopic (exact) mass is 477 g/mol. The quantitative estimate of drug-likeness (QED) is 0.583. The van der Waals surface area contributed by atoms with E-state index in [0.717, 1.165) is 32.4 Å². The number of aromatic nitrogens is 1. The van der Waals surface area contributed by atoms with Gasteiger partial charge in [-0.15, -0.1) is 0 Å². The maximum absolute atomic E-state index is 12.7. The van der Waals surface area contributed by atoms with Gasteiger partial charge in [0.1, 0.15) is 11.2 Å². The second kappa shape index (κ2) is 11.5. The van der Waals surface area contributed by atoms with Crippen molar-refractivity contribution in [2.45, 2.75) is 84.5 Å². The lowest BCUT2D eigenvalue weighted by molar-refractivity contribution is 0.0221. The summed E-state index contributed by atoms with van der Waals surface area (Å²) < 4.78 is 15.7. The second-order valence-electron chi connectivity index (χ2n) is 10.4. The summed E-state index contributed by atoms with van der Waals surface area (Å²) in [7, 11) is 1.47. The van der Waals surface area contributed by atoms with Crippen LogP contribution in [0.25, 0.3) is 0 Å². The van der Waals surface area contributed by atoms with Gasteiger partial charge in [-0.05, 0) is 79.4 Å². The smallest absolute Gasteiger partial charge is 0.410 e. The Kier molecular flexibility index (Phi) is 9.29. The normalized spacial score (nSPS) is 18.1. The summed E-state index contributed by atoms with van der Waals surface area (Å²) in [6, 6.07) is 2.83. The van der Waals surface area contributed by atoms with E-state index >= 15 is 0 Å². The first-order valence-corrected chi connectivity index (χ1v) is 11.8. The number of ketones is 1. The van der Waals surface area contributed by atoms with Crippen molar-refractivity contribution >= 4 is 18.0 Å². The van der Waals surface area contributed by atoms with Crippen molar-refractivity contribution in [3.63, 3.8) is 0 Å². The van der Waals surface area contributed by atoms with Crippen LogP contribution in [0.2, 0.25) is 0 Å². The first-order valence-electron chi connectivity index (χ1n) is 11.8. The highest BCUT2D eigenvalue weighted by atomic mass is 16.6. The molecule has 9 nitrogen and oxygen atoms in total. The minimum Gasteiger partial charge on any atom is -0.480 e. The molecular weight excluding hydrogens is 438 g/mol. The van der Waals surface area contributed by atoms with Gasteiger partial charge in [-0.3, -0.25) is 9.69 Å². The van der Waals surface area contributed by atoms with E-state index in [1.165, 1.54) is 12.0 Å². The molecule has 1 aromatic heterocycles. The summed E-state index contributed by atoms with van der Waals surface area (Å²) in [5.41, 5.74) is -0.552. The standard InChI is InChI=1S/C16H22N2O4.C9H17NO2/c1-16(2,3)22-15(20)18-10-6-8-12(18)13(19)11-7-5-9-17-14(11)21-4;1-9(2,3)12-8(11)10-6-4-5-7-10/h5,7,9,12H,6,8,10H2,1-4H3;4-7H2,1-3H3. The molecule has 0 aliphatic carbocycles. The Balaban J connectivity index is 0.000000287. The molecule has 190 valence electrons. The molecule has 0 spiro atoms. The number of amides is 2. The molecule has 0 radical (unpaired) electrons. The van der Waals surface area contributed by atoms with Crippen LogP contribution >= 0.6 is 0 Å². The first kappa shape index (κ1) is 27.4. The minimum atomic E-state index is -0.584. The van der Waals surface area contributed by atoms with E-state index < -0.39 is 17.7 Å². The molecule has 0 saturated carbocycles. The Bertz CT molecular complexity index is 853. The first-order chi connectivity index (χ1) is 15.8. The SMILES string of the molecule is CC(C)(C)OC(=O)N1CCCC1.COc1ncccc1C(=O)C1CCCN1C(=O)OC(C)(C)C. The van der Waals surface area contributed by atoms with Gasteiger partial charge in [0.25, 0.3) is 0 Å². The molecule has 2 aliphatic rings. The van der Waals surface area contributed by atoms with E-state index in [1.54, 1.807) is 23.2 Å². The number of hydrogen-bond acceptors (Lipinski definition) is 7. The summed E-state index contributed by atoms with van der Waals surface area (Å²) in [5.74, 6) is 0.122. The fourth-order valence-electron chi connectivity index (χ4n) is 3.73. The van der Waals surface area contributed by atoms with Crippen LogP contribution in [-0.2, 0) is 9.47 Å². The third-order valence-electron chi connectivity index (χ3n) is 5.17. The van der Waals surface area contributed by atoms with Crippen LogP contribution < -0.4 is 4.74 Å². The third-order valence-corrected chi connectivity index (χ3v) is 5.17. The lowest BCUT2D eigenvalue weighted by Gasteiger charge is -2.28. The number of Topliss-reactive ketones (excluding diaryl/α,β-unsaturated/α-hetero) is 1. The number of pyridine rings is 1. The fourth-order valence-corrected chi connectivity index (χ4v) is 3.73. The van der Waals surface area contributed by atoms with Crippen molar-refractivity contribution in [1.29, 1.82) is 0 Å². The van der Waals surface area contributed by atoms with Gasteiger partial charge in [0.2, 0.25) is 5.88 Å². The number of carbonyl (C=O) groups excluding carboxylic acids is 3. The number of nitrogens with zero attached hydrogens (tertiary/aromatic N) is 3. The molecule has 1 atom stereocenters. The number of rotatable bonds is 3. The molecule has 9 heteroatoms. The summed E-state index contributed by atoms with van der Waals surface area (Å²) in [4.78, 5) is 43.7. The topological polar surface area (TPSA) is 98.3 Å². The van der Waals surface area contributed by atoms with Gasteiger partial charge < -0.3 is 19.1 Å². The Morgan fingerprint density at radius 2 is 1.50 bits per heavy atom. The highest BCUT2D eigenvalue weighted by Crippen LogP contribution is 2.26.